The highest BCUT2D eigenvalue weighted by Gasteiger charge is 2.26. The molecule has 3 rings (SSSR count). The Balaban J connectivity index is 1.38. The molecule has 4 nitrogen and oxygen atoms in total. The van der Waals surface area contributed by atoms with Crippen LogP contribution in [-0.2, 0) is 0 Å². The van der Waals surface area contributed by atoms with E-state index >= 15 is 0 Å². The Morgan fingerprint density at radius 3 is 2.76 bits per heavy atom. The Bertz CT molecular complexity index is 584. The van der Waals surface area contributed by atoms with E-state index in [0.717, 1.165) is 24.6 Å². The van der Waals surface area contributed by atoms with Crippen molar-refractivity contribution in [2.24, 2.45) is 0 Å². The first kappa shape index (κ1) is 13.8. The van der Waals surface area contributed by atoms with Gasteiger partial charge in [-0.05, 0) is 49.6 Å². The Kier molecular flexibility index (Phi) is 4.28. The topological polar surface area (TPSA) is 47.0 Å². The average Bonchev–Trinajstić information content (AvgIpc) is 3.34. The van der Waals surface area contributed by atoms with Gasteiger partial charge in [-0.15, -0.1) is 0 Å². The number of benzene rings is 1. The van der Waals surface area contributed by atoms with Gasteiger partial charge in [-0.1, -0.05) is 0 Å². The van der Waals surface area contributed by atoms with Crippen molar-refractivity contribution in [2.45, 2.75) is 25.2 Å². The van der Waals surface area contributed by atoms with Gasteiger partial charge in [0.1, 0.15) is 23.2 Å². The Morgan fingerprint density at radius 2 is 2.00 bits per heavy atom. The molecule has 0 bridgehead atoms. The van der Waals surface area contributed by atoms with Crippen LogP contribution in [0, 0.1) is 5.82 Å². The first-order valence-electron chi connectivity index (χ1n) is 7.26. The SMILES string of the molecule is Fc1ccc(OCCCNc2ccnc(C3CC3)n2)cc1. The van der Waals surface area contributed by atoms with Gasteiger partial charge in [-0.3, -0.25) is 0 Å². The van der Waals surface area contributed by atoms with Crippen LogP contribution in [0.15, 0.2) is 36.5 Å². The monoisotopic (exact) mass is 287 g/mol. The molecule has 0 amide bonds. The van der Waals surface area contributed by atoms with Crippen molar-refractivity contribution in [3.63, 3.8) is 0 Å². The van der Waals surface area contributed by atoms with Crippen molar-refractivity contribution in [2.75, 3.05) is 18.5 Å². The zero-order valence-electron chi connectivity index (χ0n) is 11.8. The number of nitrogens with zero attached hydrogens (tertiary/aromatic N) is 2. The fourth-order valence-corrected chi connectivity index (χ4v) is 2.02. The van der Waals surface area contributed by atoms with Crippen LogP contribution in [0.4, 0.5) is 10.2 Å². The molecule has 1 N–H and O–H groups in total. The predicted octanol–water partition coefficient (Wildman–Crippen LogP) is 3.37. The summed E-state index contributed by atoms with van der Waals surface area (Å²) in [5.74, 6) is 2.82. The summed E-state index contributed by atoms with van der Waals surface area (Å²) in [4.78, 5) is 8.78. The number of nitrogens with one attached hydrogen (secondary N) is 1. The lowest BCUT2D eigenvalue weighted by Gasteiger charge is -2.08. The van der Waals surface area contributed by atoms with Crippen LogP contribution in [0.1, 0.15) is 31.0 Å². The minimum atomic E-state index is -0.251. The van der Waals surface area contributed by atoms with Crippen molar-refractivity contribution in [1.82, 2.24) is 9.97 Å². The second-order valence-corrected chi connectivity index (χ2v) is 5.16. The molecule has 1 aromatic carbocycles. The number of halogens is 1. The highest BCUT2D eigenvalue weighted by Crippen LogP contribution is 2.37. The molecule has 2 aromatic rings. The molecule has 0 unspecified atom stereocenters. The van der Waals surface area contributed by atoms with Gasteiger partial charge in [0.05, 0.1) is 6.61 Å². The van der Waals surface area contributed by atoms with E-state index in [2.05, 4.69) is 15.3 Å². The summed E-state index contributed by atoms with van der Waals surface area (Å²) >= 11 is 0. The summed E-state index contributed by atoms with van der Waals surface area (Å²) in [7, 11) is 0. The number of ether oxygens (including phenoxy) is 1. The molecule has 0 spiro atoms. The summed E-state index contributed by atoms with van der Waals surface area (Å²) in [6.07, 6.45) is 5.06. The summed E-state index contributed by atoms with van der Waals surface area (Å²) < 4.78 is 18.3. The molecule has 0 aliphatic heterocycles. The first-order valence-corrected chi connectivity index (χ1v) is 7.26. The summed E-state index contributed by atoms with van der Waals surface area (Å²) in [5, 5.41) is 3.27. The molecule has 1 aromatic heterocycles. The molecular weight excluding hydrogens is 269 g/mol. The lowest BCUT2D eigenvalue weighted by Crippen LogP contribution is -2.09. The number of hydrogen-bond donors (Lipinski definition) is 1. The highest BCUT2D eigenvalue weighted by atomic mass is 19.1. The fraction of sp³-hybridized carbons (Fsp3) is 0.375. The minimum absolute atomic E-state index is 0.251. The van der Waals surface area contributed by atoms with Gasteiger partial charge in [-0.2, -0.15) is 0 Å². The normalized spacial score (nSPS) is 14.0. The van der Waals surface area contributed by atoms with Crippen LogP contribution in [0.3, 0.4) is 0 Å². The fourth-order valence-electron chi connectivity index (χ4n) is 2.02. The third-order valence-electron chi connectivity index (χ3n) is 3.33. The molecule has 21 heavy (non-hydrogen) atoms. The van der Waals surface area contributed by atoms with Gasteiger partial charge in [0, 0.05) is 18.7 Å². The van der Waals surface area contributed by atoms with Gasteiger partial charge in [-0.25, -0.2) is 14.4 Å². The van der Waals surface area contributed by atoms with E-state index in [0.29, 0.717) is 18.3 Å². The zero-order chi connectivity index (χ0) is 14.5. The van der Waals surface area contributed by atoms with Gasteiger partial charge < -0.3 is 10.1 Å². The van der Waals surface area contributed by atoms with Gasteiger partial charge in [0.15, 0.2) is 0 Å². The minimum Gasteiger partial charge on any atom is -0.494 e. The van der Waals surface area contributed by atoms with Crippen molar-refractivity contribution >= 4 is 5.82 Å². The van der Waals surface area contributed by atoms with E-state index < -0.39 is 0 Å². The maximum atomic E-state index is 12.7. The largest absolute Gasteiger partial charge is 0.494 e. The number of aromatic nitrogens is 2. The Hall–Kier alpha value is -2.17. The molecule has 0 atom stereocenters. The molecule has 1 saturated carbocycles. The average molecular weight is 287 g/mol. The van der Waals surface area contributed by atoms with E-state index in [1.165, 1.54) is 25.0 Å². The summed E-state index contributed by atoms with van der Waals surface area (Å²) in [5.41, 5.74) is 0. The maximum absolute atomic E-state index is 12.7. The lowest BCUT2D eigenvalue weighted by atomic mass is 10.3. The van der Waals surface area contributed by atoms with Crippen LogP contribution in [0.25, 0.3) is 0 Å². The van der Waals surface area contributed by atoms with Crippen LogP contribution in [0.5, 0.6) is 5.75 Å². The molecule has 1 heterocycles. The van der Waals surface area contributed by atoms with Crippen molar-refractivity contribution in [3.8, 4) is 5.75 Å². The Morgan fingerprint density at radius 1 is 1.19 bits per heavy atom. The third-order valence-corrected chi connectivity index (χ3v) is 3.33. The smallest absolute Gasteiger partial charge is 0.133 e. The molecule has 0 radical (unpaired) electrons. The van der Waals surface area contributed by atoms with Gasteiger partial charge >= 0.3 is 0 Å². The molecular formula is C16H18FN3O. The van der Waals surface area contributed by atoms with E-state index in [4.69, 9.17) is 4.74 Å². The molecule has 0 saturated heterocycles. The molecule has 1 fully saturated rings. The molecule has 5 heteroatoms. The van der Waals surface area contributed by atoms with Crippen LogP contribution >= 0.6 is 0 Å². The van der Waals surface area contributed by atoms with Crippen LogP contribution in [0.2, 0.25) is 0 Å². The number of rotatable bonds is 7. The lowest BCUT2D eigenvalue weighted by molar-refractivity contribution is 0.314. The van der Waals surface area contributed by atoms with Crippen LogP contribution in [-0.4, -0.2) is 23.1 Å². The van der Waals surface area contributed by atoms with E-state index in [1.54, 1.807) is 18.3 Å². The molecule has 1 aliphatic rings. The van der Waals surface area contributed by atoms with E-state index in [9.17, 15) is 4.39 Å². The maximum Gasteiger partial charge on any atom is 0.133 e. The summed E-state index contributed by atoms with van der Waals surface area (Å²) in [6, 6.07) is 7.94. The van der Waals surface area contributed by atoms with Gasteiger partial charge in [0.25, 0.3) is 0 Å². The molecule has 110 valence electrons. The van der Waals surface area contributed by atoms with Crippen molar-refractivity contribution in [1.29, 1.82) is 0 Å². The quantitative estimate of drug-likeness (QED) is 0.793. The van der Waals surface area contributed by atoms with Gasteiger partial charge in [0.2, 0.25) is 0 Å². The number of hydrogen-bond acceptors (Lipinski definition) is 4. The zero-order valence-corrected chi connectivity index (χ0v) is 11.8. The third kappa shape index (κ3) is 4.15. The predicted molar refractivity (Wildman–Crippen MR) is 79.0 cm³/mol. The standard InChI is InChI=1S/C16H18FN3O/c17-13-4-6-14(7-5-13)21-11-1-9-18-15-8-10-19-16(20-15)12-2-3-12/h4-8,10,12H,1-3,9,11H2,(H,18,19,20). The number of anilines is 1. The Labute approximate surface area is 123 Å². The van der Waals surface area contributed by atoms with Crippen LogP contribution < -0.4 is 10.1 Å². The molecule has 1 aliphatic carbocycles. The first-order chi connectivity index (χ1) is 10.3. The van der Waals surface area contributed by atoms with E-state index in [-0.39, 0.29) is 5.82 Å². The van der Waals surface area contributed by atoms with Crippen molar-refractivity contribution < 1.29 is 9.13 Å². The van der Waals surface area contributed by atoms with E-state index in [1.807, 2.05) is 6.07 Å². The highest BCUT2D eigenvalue weighted by molar-refractivity contribution is 5.33. The van der Waals surface area contributed by atoms with Crippen molar-refractivity contribution in [3.05, 3.63) is 48.2 Å². The summed E-state index contributed by atoms with van der Waals surface area (Å²) in [6.45, 7) is 1.36. The second kappa shape index (κ2) is 6.52. The second-order valence-electron chi connectivity index (χ2n) is 5.16.